The molecule has 1 fully saturated rings. The Hall–Kier alpha value is -1.04. The predicted molar refractivity (Wildman–Crippen MR) is 49.7 cm³/mol. The SMILES string of the molecule is CC(C)C(=O)N1CC(C)C(C#N)C1. The summed E-state index contributed by atoms with van der Waals surface area (Å²) in [5, 5.41) is 8.79. The number of carbonyl (C=O) groups excluding carboxylic acids is 1. The molecule has 0 aliphatic carbocycles. The van der Waals surface area contributed by atoms with E-state index in [1.807, 2.05) is 25.7 Å². The van der Waals surface area contributed by atoms with Gasteiger partial charge in [0.1, 0.15) is 0 Å². The van der Waals surface area contributed by atoms with Crippen LogP contribution in [0.1, 0.15) is 20.8 Å². The second-order valence-corrected chi connectivity index (χ2v) is 4.11. The van der Waals surface area contributed by atoms with Crippen molar-refractivity contribution in [2.24, 2.45) is 17.8 Å². The van der Waals surface area contributed by atoms with Gasteiger partial charge in [0.05, 0.1) is 12.0 Å². The first-order valence-corrected chi connectivity index (χ1v) is 4.74. The molecule has 0 aromatic heterocycles. The molecule has 0 spiro atoms. The Kier molecular flexibility index (Phi) is 2.92. The molecule has 0 N–H and O–H groups in total. The van der Waals surface area contributed by atoms with Gasteiger partial charge in [-0.1, -0.05) is 20.8 Å². The van der Waals surface area contributed by atoms with Gasteiger partial charge < -0.3 is 4.90 Å². The molecule has 0 radical (unpaired) electrons. The predicted octanol–water partition coefficient (Wildman–Crippen LogP) is 1.26. The number of carbonyl (C=O) groups is 1. The minimum atomic E-state index is 0.0303. The van der Waals surface area contributed by atoms with Crippen molar-refractivity contribution >= 4 is 5.91 Å². The third kappa shape index (κ3) is 2.00. The monoisotopic (exact) mass is 180 g/mol. The molecule has 1 amide bonds. The fourth-order valence-corrected chi connectivity index (χ4v) is 1.68. The Morgan fingerprint density at radius 2 is 2.15 bits per heavy atom. The highest BCUT2D eigenvalue weighted by Gasteiger charge is 2.32. The van der Waals surface area contributed by atoms with Crippen LogP contribution in [0.2, 0.25) is 0 Å². The number of nitriles is 1. The lowest BCUT2D eigenvalue weighted by atomic mass is 10.0. The van der Waals surface area contributed by atoms with E-state index in [1.165, 1.54) is 0 Å². The van der Waals surface area contributed by atoms with Gasteiger partial charge in [0, 0.05) is 19.0 Å². The lowest BCUT2D eigenvalue weighted by Crippen LogP contribution is -2.32. The normalized spacial score (nSPS) is 27.8. The van der Waals surface area contributed by atoms with Gasteiger partial charge in [-0.25, -0.2) is 0 Å². The van der Waals surface area contributed by atoms with Gasteiger partial charge in [0.15, 0.2) is 0 Å². The van der Waals surface area contributed by atoms with Crippen LogP contribution in [0.15, 0.2) is 0 Å². The molecule has 2 atom stereocenters. The summed E-state index contributed by atoms with van der Waals surface area (Å²) >= 11 is 0. The molecule has 0 saturated carbocycles. The maximum Gasteiger partial charge on any atom is 0.225 e. The van der Waals surface area contributed by atoms with Crippen molar-refractivity contribution in [3.05, 3.63) is 0 Å². The summed E-state index contributed by atoms with van der Waals surface area (Å²) in [7, 11) is 0. The zero-order valence-electron chi connectivity index (χ0n) is 8.45. The molecule has 3 heteroatoms. The number of hydrogen-bond acceptors (Lipinski definition) is 2. The van der Waals surface area contributed by atoms with E-state index in [2.05, 4.69) is 6.07 Å². The number of rotatable bonds is 1. The Balaban J connectivity index is 2.59. The number of nitrogens with zero attached hydrogens (tertiary/aromatic N) is 2. The van der Waals surface area contributed by atoms with Crippen LogP contribution >= 0.6 is 0 Å². The molecule has 2 unspecified atom stereocenters. The smallest absolute Gasteiger partial charge is 0.225 e. The summed E-state index contributed by atoms with van der Waals surface area (Å²) in [6.45, 7) is 7.19. The van der Waals surface area contributed by atoms with E-state index in [-0.39, 0.29) is 17.7 Å². The molecule has 13 heavy (non-hydrogen) atoms. The molecule has 1 heterocycles. The molecule has 1 aliphatic rings. The molecule has 3 nitrogen and oxygen atoms in total. The molecule has 1 rings (SSSR count). The van der Waals surface area contributed by atoms with Gasteiger partial charge in [-0.2, -0.15) is 5.26 Å². The number of likely N-dealkylation sites (tertiary alicyclic amines) is 1. The van der Waals surface area contributed by atoms with Gasteiger partial charge in [0.2, 0.25) is 5.91 Å². The first-order valence-electron chi connectivity index (χ1n) is 4.74. The van der Waals surface area contributed by atoms with Crippen LogP contribution in [0.3, 0.4) is 0 Å². The van der Waals surface area contributed by atoms with Crippen LogP contribution < -0.4 is 0 Å². The average molecular weight is 180 g/mol. The van der Waals surface area contributed by atoms with Crippen molar-refractivity contribution < 1.29 is 4.79 Å². The summed E-state index contributed by atoms with van der Waals surface area (Å²) in [6, 6.07) is 2.24. The van der Waals surface area contributed by atoms with E-state index in [4.69, 9.17) is 5.26 Å². The summed E-state index contributed by atoms with van der Waals surface area (Å²) < 4.78 is 0. The van der Waals surface area contributed by atoms with Crippen LogP contribution in [0.25, 0.3) is 0 Å². The molecular formula is C10H16N2O. The van der Waals surface area contributed by atoms with Crippen molar-refractivity contribution in [2.75, 3.05) is 13.1 Å². The summed E-state index contributed by atoms with van der Waals surface area (Å²) in [5.41, 5.74) is 0. The Morgan fingerprint density at radius 3 is 2.54 bits per heavy atom. The van der Waals surface area contributed by atoms with E-state index in [0.29, 0.717) is 12.5 Å². The fraction of sp³-hybridized carbons (Fsp3) is 0.800. The minimum Gasteiger partial charge on any atom is -0.341 e. The van der Waals surface area contributed by atoms with Crippen LogP contribution in [-0.2, 0) is 4.79 Å². The maximum absolute atomic E-state index is 11.6. The third-order valence-electron chi connectivity index (χ3n) is 2.58. The maximum atomic E-state index is 11.6. The Bertz CT molecular complexity index is 242. The third-order valence-corrected chi connectivity index (χ3v) is 2.58. The highest BCUT2D eigenvalue weighted by Crippen LogP contribution is 2.23. The van der Waals surface area contributed by atoms with Gasteiger partial charge >= 0.3 is 0 Å². The molecular weight excluding hydrogens is 164 g/mol. The van der Waals surface area contributed by atoms with Crippen LogP contribution in [0.5, 0.6) is 0 Å². The van der Waals surface area contributed by atoms with Crippen LogP contribution in [0.4, 0.5) is 0 Å². The summed E-state index contributed by atoms with van der Waals surface area (Å²) in [6.07, 6.45) is 0. The number of hydrogen-bond donors (Lipinski definition) is 0. The molecule has 0 bridgehead atoms. The van der Waals surface area contributed by atoms with E-state index >= 15 is 0 Å². The zero-order valence-corrected chi connectivity index (χ0v) is 8.45. The van der Waals surface area contributed by atoms with Crippen molar-refractivity contribution in [1.82, 2.24) is 4.90 Å². The van der Waals surface area contributed by atoms with Crippen LogP contribution in [-0.4, -0.2) is 23.9 Å². The van der Waals surface area contributed by atoms with Gasteiger partial charge in [-0.3, -0.25) is 4.79 Å². The molecule has 1 aliphatic heterocycles. The van der Waals surface area contributed by atoms with E-state index < -0.39 is 0 Å². The standard InChI is InChI=1S/C10H16N2O/c1-7(2)10(13)12-5-8(3)9(4-11)6-12/h7-9H,5-6H2,1-3H3. The molecule has 0 aromatic rings. The lowest BCUT2D eigenvalue weighted by molar-refractivity contribution is -0.133. The second kappa shape index (κ2) is 3.78. The molecule has 72 valence electrons. The lowest BCUT2D eigenvalue weighted by Gasteiger charge is -2.17. The topological polar surface area (TPSA) is 44.1 Å². The van der Waals surface area contributed by atoms with E-state index in [0.717, 1.165) is 6.54 Å². The molecule has 1 saturated heterocycles. The van der Waals surface area contributed by atoms with Gasteiger partial charge in [-0.15, -0.1) is 0 Å². The Labute approximate surface area is 79.3 Å². The Morgan fingerprint density at radius 1 is 1.54 bits per heavy atom. The largest absolute Gasteiger partial charge is 0.341 e. The van der Waals surface area contributed by atoms with Gasteiger partial charge in [-0.05, 0) is 5.92 Å². The second-order valence-electron chi connectivity index (χ2n) is 4.11. The minimum absolute atomic E-state index is 0.0303. The van der Waals surface area contributed by atoms with Crippen molar-refractivity contribution in [3.63, 3.8) is 0 Å². The van der Waals surface area contributed by atoms with E-state index in [9.17, 15) is 4.79 Å². The van der Waals surface area contributed by atoms with Crippen LogP contribution in [0, 0.1) is 29.1 Å². The van der Waals surface area contributed by atoms with E-state index in [1.54, 1.807) is 0 Å². The van der Waals surface area contributed by atoms with Gasteiger partial charge in [0.25, 0.3) is 0 Å². The zero-order chi connectivity index (χ0) is 10.0. The number of amides is 1. The first kappa shape index (κ1) is 10.0. The summed E-state index contributed by atoms with van der Waals surface area (Å²) in [4.78, 5) is 13.4. The average Bonchev–Trinajstić information content (AvgIpc) is 2.45. The fourth-order valence-electron chi connectivity index (χ4n) is 1.68. The van der Waals surface area contributed by atoms with Crippen molar-refractivity contribution in [2.45, 2.75) is 20.8 Å². The highest BCUT2D eigenvalue weighted by atomic mass is 16.2. The highest BCUT2D eigenvalue weighted by molar-refractivity contribution is 5.78. The quantitative estimate of drug-likeness (QED) is 0.609. The molecule has 0 aromatic carbocycles. The van der Waals surface area contributed by atoms with Crippen molar-refractivity contribution in [1.29, 1.82) is 5.26 Å². The first-order chi connectivity index (χ1) is 6.06. The summed E-state index contributed by atoms with van der Waals surface area (Å²) in [5.74, 6) is 0.574. The van der Waals surface area contributed by atoms with Crippen molar-refractivity contribution in [3.8, 4) is 6.07 Å².